The number of rotatable bonds is 24. The normalized spacial score (nSPS) is 16.3. The predicted octanol–water partition coefficient (Wildman–Crippen LogP) is 8.86. The van der Waals surface area contributed by atoms with Crippen LogP contribution < -0.4 is 25.7 Å². The maximum Gasteiger partial charge on any atom is 0.408 e. The van der Waals surface area contributed by atoms with Crippen LogP contribution in [0.3, 0.4) is 0 Å². The molecular formula is C51H64N4O8. The first kappa shape index (κ1) is 46.8. The number of nitrogens with one attached hydrogen (secondary N) is 3. The van der Waals surface area contributed by atoms with Gasteiger partial charge >= 0.3 is 6.09 Å². The second kappa shape index (κ2) is 24.2. The molecule has 4 aromatic carbocycles. The van der Waals surface area contributed by atoms with Crippen molar-refractivity contribution in [2.24, 2.45) is 5.92 Å². The number of aliphatic hydroxyl groups excluding tert-OH is 1. The largest absolute Gasteiger partial charge is 0.506 e. The average molecular weight is 861 g/mol. The van der Waals surface area contributed by atoms with Crippen molar-refractivity contribution in [3.05, 3.63) is 136 Å². The number of aromatic hydroxyl groups is 1. The summed E-state index contributed by atoms with van der Waals surface area (Å²) in [4.78, 5) is 43.3. The van der Waals surface area contributed by atoms with Crippen LogP contribution in [0.2, 0.25) is 0 Å². The van der Waals surface area contributed by atoms with Crippen molar-refractivity contribution in [2.75, 3.05) is 46.4 Å². The average Bonchev–Trinajstić information content (AvgIpc) is 3.30. The molecule has 1 fully saturated rings. The fraction of sp³-hybridized carbons (Fsp3) is 0.431. The molecule has 1 aliphatic heterocycles. The van der Waals surface area contributed by atoms with Crippen LogP contribution in [0, 0.1) is 5.92 Å². The number of benzene rings is 4. The van der Waals surface area contributed by atoms with Crippen molar-refractivity contribution in [3.63, 3.8) is 0 Å². The van der Waals surface area contributed by atoms with Gasteiger partial charge in [-0.05, 0) is 85.6 Å². The van der Waals surface area contributed by atoms with E-state index in [1.165, 1.54) is 12.1 Å². The quantitative estimate of drug-likeness (QED) is 0.0299. The molecule has 0 saturated carbocycles. The monoisotopic (exact) mass is 860 g/mol. The van der Waals surface area contributed by atoms with Gasteiger partial charge in [-0.25, -0.2) is 4.79 Å². The summed E-state index contributed by atoms with van der Waals surface area (Å²) in [5.74, 6) is 1.54. The van der Waals surface area contributed by atoms with E-state index in [9.17, 15) is 24.6 Å². The Morgan fingerprint density at radius 3 is 2.32 bits per heavy atom. The first-order valence-electron chi connectivity index (χ1n) is 22.6. The van der Waals surface area contributed by atoms with Crippen LogP contribution in [-0.4, -0.2) is 84.5 Å². The fourth-order valence-electron chi connectivity index (χ4n) is 8.51. The summed E-state index contributed by atoms with van der Waals surface area (Å²) in [7, 11) is 1.62. The maximum absolute atomic E-state index is 13.8. The third-order valence-corrected chi connectivity index (χ3v) is 11.9. The van der Waals surface area contributed by atoms with Crippen molar-refractivity contribution in [1.29, 1.82) is 0 Å². The molecule has 336 valence electrons. The molecule has 2 unspecified atom stereocenters. The van der Waals surface area contributed by atoms with E-state index in [1.807, 2.05) is 78.9 Å². The lowest BCUT2D eigenvalue weighted by atomic mass is 9.89. The molecule has 4 atom stereocenters. The van der Waals surface area contributed by atoms with Gasteiger partial charge in [-0.3, -0.25) is 14.5 Å². The summed E-state index contributed by atoms with van der Waals surface area (Å²) in [6.45, 7) is 5.44. The number of hydrogen-bond acceptors (Lipinski definition) is 10. The van der Waals surface area contributed by atoms with Crippen LogP contribution in [0.25, 0.3) is 10.9 Å². The smallest absolute Gasteiger partial charge is 0.408 e. The Morgan fingerprint density at radius 1 is 0.857 bits per heavy atom. The molecule has 0 aliphatic carbocycles. The number of fused-ring (bicyclic) bond motifs is 1. The van der Waals surface area contributed by atoms with Crippen LogP contribution in [0.5, 0.6) is 17.2 Å². The van der Waals surface area contributed by atoms with E-state index < -0.39 is 18.2 Å². The van der Waals surface area contributed by atoms with Gasteiger partial charge in [0, 0.05) is 36.2 Å². The number of carbonyl (C=O) groups excluding carboxylic acids is 2. The number of H-pyrrole nitrogens is 1. The highest BCUT2D eigenvalue weighted by Crippen LogP contribution is 2.32. The Bertz CT molecular complexity index is 2250. The van der Waals surface area contributed by atoms with E-state index >= 15 is 0 Å². The lowest BCUT2D eigenvalue weighted by Gasteiger charge is -2.38. The van der Waals surface area contributed by atoms with Crippen molar-refractivity contribution in [1.82, 2.24) is 20.5 Å². The first-order chi connectivity index (χ1) is 30.7. The summed E-state index contributed by atoms with van der Waals surface area (Å²) in [5, 5.41) is 28.0. The van der Waals surface area contributed by atoms with Gasteiger partial charge in [-0.1, -0.05) is 112 Å². The van der Waals surface area contributed by atoms with E-state index in [2.05, 4.69) is 27.4 Å². The highest BCUT2D eigenvalue weighted by molar-refractivity contribution is 5.97. The van der Waals surface area contributed by atoms with Crippen LogP contribution >= 0.6 is 0 Å². The third kappa shape index (κ3) is 13.9. The van der Waals surface area contributed by atoms with Gasteiger partial charge in [0.15, 0.2) is 5.78 Å². The van der Waals surface area contributed by atoms with Crippen molar-refractivity contribution in [2.45, 2.75) is 89.4 Å². The number of aromatic amines is 1. The number of piperidine rings is 1. The highest BCUT2D eigenvalue weighted by Gasteiger charge is 2.33. The zero-order valence-electron chi connectivity index (χ0n) is 36.7. The van der Waals surface area contributed by atoms with Gasteiger partial charge in [0.05, 0.1) is 37.9 Å². The highest BCUT2D eigenvalue weighted by atomic mass is 16.6. The van der Waals surface area contributed by atoms with Gasteiger partial charge in [-0.2, -0.15) is 0 Å². The van der Waals surface area contributed by atoms with Gasteiger partial charge < -0.3 is 40.0 Å². The van der Waals surface area contributed by atoms with E-state index in [-0.39, 0.29) is 35.7 Å². The molecule has 6 rings (SSSR count). The Kier molecular flexibility index (Phi) is 18.0. The van der Waals surface area contributed by atoms with Gasteiger partial charge in [0.25, 0.3) is 0 Å². The van der Waals surface area contributed by atoms with Crippen LogP contribution in [-0.2, 0) is 4.74 Å². The Balaban J connectivity index is 0.941. The minimum absolute atomic E-state index is 0.0207. The molecular weight excluding hydrogens is 797 g/mol. The number of amides is 1. The number of alkyl carbamates (subject to hydrolysis) is 1. The van der Waals surface area contributed by atoms with E-state index in [1.54, 1.807) is 19.2 Å². The molecule has 0 bridgehead atoms. The summed E-state index contributed by atoms with van der Waals surface area (Å²) < 4.78 is 18.2. The number of ether oxygens (including phenoxy) is 3. The fourth-order valence-corrected chi connectivity index (χ4v) is 8.51. The number of hydrogen-bond donors (Lipinski definition) is 5. The maximum atomic E-state index is 13.8. The van der Waals surface area contributed by atoms with Crippen molar-refractivity contribution in [3.8, 4) is 17.2 Å². The lowest BCUT2D eigenvalue weighted by molar-refractivity contribution is 0.00164. The number of aliphatic hydroxyl groups is 1. The van der Waals surface area contributed by atoms with E-state index in [0.717, 1.165) is 88.4 Å². The number of likely N-dealkylation sites (tertiary alicyclic amines) is 1. The summed E-state index contributed by atoms with van der Waals surface area (Å²) in [6.07, 6.45) is 8.58. The second-order valence-corrected chi connectivity index (χ2v) is 16.6. The van der Waals surface area contributed by atoms with Crippen molar-refractivity contribution < 1.29 is 34.0 Å². The number of phenolic OH excluding ortho intramolecular Hbond substituents is 1. The van der Waals surface area contributed by atoms with Crippen LogP contribution in [0.15, 0.2) is 108 Å². The number of pyridine rings is 1. The molecule has 12 heteroatoms. The van der Waals surface area contributed by atoms with E-state index in [0.29, 0.717) is 53.2 Å². The molecule has 5 aromatic rings. The number of carbonyl (C=O) groups is 2. The zero-order valence-corrected chi connectivity index (χ0v) is 36.7. The summed E-state index contributed by atoms with van der Waals surface area (Å²) >= 11 is 0. The first-order valence-corrected chi connectivity index (χ1v) is 22.6. The Labute approximate surface area is 371 Å². The number of phenols is 1. The van der Waals surface area contributed by atoms with Gasteiger partial charge in [0.1, 0.15) is 23.4 Å². The molecule has 1 aromatic heterocycles. The number of ketones is 1. The lowest BCUT2D eigenvalue weighted by Crippen LogP contribution is -2.48. The molecule has 5 N–H and O–H groups in total. The van der Waals surface area contributed by atoms with Gasteiger partial charge in [-0.15, -0.1) is 0 Å². The van der Waals surface area contributed by atoms with Gasteiger partial charge in [0.2, 0.25) is 5.56 Å². The molecule has 1 aliphatic rings. The third-order valence-electron chi connectivity index (χ3n) is 11.9. The molecule has 0 spiro atoms. The number of aromatic nitrogens is 1. The predicted molar refractivity (Wildman–Crippen MR) is 247 cm³/mol. The molecule has 0 radical (unpaired) electrons. The zero-order chi connectivity index (χ0) is 44.4. The minimum Gasteiger partial charge on any atom is -0.506 e. The summed E-state index contributed by atoms with van der Waals surface area (Å²) in [5.41, 5.74) is 3.08. The van der Waals surface area contributed by atoms with E-state index in [4.69, 9.17) is 14.2 Å². The Morgan fingerprint density at radius 2 is 1.57 bits per heavy atom. The summed E-state index contributed by atoms with van der Waals surface area (Å²) in [6, 6.07) is 30.6. The van der Waals surface area contributed by atoms with Crippen LogP contribution in [0.4, 0.5) is 4.79 Å². The minimum atomic E-state index is -0.765. The molecule has 12 nitrogen and oxygen atoms in total. The number of nitrogens with zero attached hydrogens (tertiary/aromatic N) is 1. The molecule has 63 heavy (non-hydrogen) atoms. The van der Waals surface area contributed by atoms with Crippen molar-refractivity contribution >= 4 is 22.8 Å². The SMILES string of the molecule is CCCC1CCN(CC(=O)c2ccccc2)C[C@@H]1OC(=O)NC(c1ccccc1)c1cc(OC)cc(OCCCCCCCCCNC[C@H](O)c2ccc(O)c3[nH]c(=O)ccc23)c1. The van der Waals surface area contributed by atoms with Crippen LogP contribution in [0.1, 0.15) is 110 Å². The number of Topliss-reactive ketones (excluding diaryl/α,β-unsaturated/α-hetero) is 1. The second-order valence-electron chi connectivity index (χ2n) is 16.6. The molecule has 1 saturated heterocycles. The molecule has 1 amide bonds. The number of methoxy groups -OCH3 is 1. The number of unbranched alkanes of at least 4 members (excludes halogenated alkanes) is 6. The topological polar surface area (TPSA) is 162 Å². The Hall–Kier alpha value is -5.69. The molecule has 2 heterocycles. The standard InChI is InChI=1S/C51H64N4O8/c1-3-17-37-26-28-55(34-46(58)36-18-11-9-12-19-36)35-47(37)63-51(60)54-49(38-20-13-10-14-21-38)39-30-40(61-2)32-41(31-39)62-29-16-8-6-4-5-7-15-27-52-33-45(57)42-22-24-44(56)50-43(42)23-25-48(59)53-50/h9-14,18-25,30-32,37,45,47,49,52,56-57H,3-8,15-17,26-29,33-35H2,1-2H3,(H,53,59)(H,54,60)/t37?,45-,47-,49?/m0/s1.